The van der Waals surface area contributed by atoms with Crippen LogP contribution in [0.25, 0.3) is 0 Å². The van der Waals surface area contributed by atoms with Crippen LogP contribution in [0.1, 0.15) is 39.2 Å². The number of rotatable bonds is 8. The van der Waals surface area contributed by atoms with Crippen LogP contribution >= 0.6 is 0 Å². The standard InChI is InChI=1S/C17H25NO7S/c1-17(2,3)13-24-26(21,22)11-7-10-15(19)25-18-16(20)23-12-14-8-5-4-6-9-14/h4-6,8-9H,7,10-13H2,1-3H3,(H,18,20). The van der Waals surface area contributed by atoms with Gasteiger partial charge >= 0.3 is 12.1 Å². The number of carbonyl (C=O) groups excluding carboxylic acids is 2. The Bertz CT molecular complexity index is 681. The minimum Gasteiger partial charge on any atom is -0.443 e. The van der Waals surface area contributed by atoms with Gasteiger partial charge in [-0.25, -0.2) is 9.59 Å². The summed E-state index contributed by atoms with van der Waals surface area (Å²) in [7, 11) is -3.70. The van der Waals surface area contributed by atoms with Gasteiger partial charge in [0.1, 0.15) is 6.61 Å². The van der Waals surface area contributed by atoms with Gasteiger partial charge in [-0.1, -0.05) is 51.1 Å². The zero-order chi connectivity index (χ0) is 19.6. The zero-order valence-corrected chi connectivity index (χ0v) is 16.0. The lowest BCUT2D eigenvalue weighted by Crippen LogP contribution is -2.28. The molecule has 1 aromatic carbocycles. The lowest BCUT2D eigenvalue weighted by atomic mass is 9.99. The van der Waals surface area contributed by atoms with Crippen molar-refractivity contribution < 1.29 is 31.8 Å². The molecule has 0 fully saturated rings. The van der Waals surface area contributed by atoms with Gasteiger partial charge in [0.05, 0.1) is 12.4 Å². The van der Waals surface area contributed by atoms with Crippen molar-refractivity contribution in [1.82, 2.24) is 5.48 Å². The summed E-state index contributed by atoms with van der Waals surface area (Å²) in [6, 6.07) is 8.99. The lowest BCUT2D eigenvalue weighted by molar-refractivity contribution is -0.149. The molecule has 9 heteroatoms. The van der Waals surface area contributed by atoms with Crippen molar-refractivity contribution in [2.24, 2.45) is 5.41 Å². The third-order valence-electron chi connectivity index (χ3n) is 2.91. The lowest BCUT2D eigenvalue weighted by Gasteiger charge is -2.17. The fourth-order valence-electron chi connectivity index (χ4n) is 1.62. The molecule has 0 unspecified atom stereocenters. The molecule has 1 amide bonds. The predicted octanol–water partition coefficient (Wildman–Crippen LogP) is 2.54. The van der Waals surface area contributed by atoms with E-state index in [1.165, 1.54) is 0 Å². The molecular weight excluding hydrogens is 362 g/mol. The summed E-state index contributed by atoms with van der Waals surface area (Å²) in [5.41, 5.74) is 2.36. The number of hydrogen-bond donors (Lipinski definition) is 1. The number of carbonyl (C=O) groups is 2. The number of nitrogens with one attached hydrogen (secondary N) is 1. The van der Waals surface area contributed by atoms with Gasteiger partial charge in [-0.15, -0.1) is 5.48 Å². The van der Waals surface area contributed by atoms with Crippen LogP contribution < -0.4 is 5.48 Å². The first kappa shape index (κ1) is 21.9. The van der Waals surface area contributed by atoms with E-state index >= 15 is 0 Å². The molecule has 26 heavy (non-hydrogen) atoms. The van der Waals surface area contributed by atoms with Crippen molar-refractivity contribution in [3.63, 3.8) is 0 Å². The summed E-state index contributed by atoms with van der Waals surface area (Å²) in [5, 5.41) is 0. The van der Waals surface area contributed by atoms with Crippen LogP contribution in [-0.4, -0.2) is 32.8 Å². The van der Waals surface area contributed by atoms with Crippen LogP contribution in [0, 0.1) is 5.41 Å². The Hall–Kier alpha value is -2.13. The topological polar surface area (TPSA) is 108 Å². The van der Waals surface area contributed by atoms with E-state index in [1.807, 2.05) is 32.3 Å². The summed E-state index contributed by atoms with van der Waals surface area (Å²) >= 11 is 0. The fraction of sp³-hybridized carbons (Fsp3) is 0.529. The van der Waals surface area contributed by atoms with Crippen molar-refractivity contribution in [3.05, 3.63) is 35.9 Å². The number of amides is 1. The molecule has 0 aliphatic rings. The van der Waals surface area contributed by atoms with Gasteiger partial charge in [-0.2, -0.15) is 8.42 Å². The van der Waals surface area contributed by atoms with E-state index in [-0.39, 0.29) is 37.2 Å². The van der Waals surface area contributed by atoms with Crippen molar-refractivity contribution in [2.75, 3.05) is 12.4 Å². The third kappa shape index (κ3) is 10.7. The maximum Gasteiger partial charge on any atom is 0.441 e. The van der Waals surface area contributed by atoms with E-state index in [2.05, 4.69) is 4.84 Å². The van der Waals surface area contributed by atoms with E-state index < -0.39 is 22.2 Å². The molecule has 1 aromatic rings. The van der Waals surface area contributed by atoms with Crippen LogP contribution in [0.15, 0.2) is 30.3 Å². The molecule has 1 N–H and O–H groups in total. The summed E-state index contributed by atoms with van der Waals surface area (Å²) in [4.78, 5) is 27.4. The van der Waals surface area contributed by atoms with Gasteiger partial charge in [0, 0.05) is 6.42 Å². The number of benzene rings is 1. The second-order valence-corrected chi connectivity index (χ2v) is 8.59. The Morgan fingerprint density at radius 2 is 1.77 bits per heavy atom. The van der Waals surface area contributed by atoms with Gasteiger partial charge in [-0.05, 0) is 17.4 Å². The highest BCUT2D eigenvalue weighted by atomic mass is 32.2. The normalized spacial score (nSPS) is 11.7. The number of hydrogen-bond acceptors (Lipinski definition) is 7. The van der Waals surface area contributed by atoms with E-state index in [9.17, 15) is 18.0 Å². The van der Waals surface area contributed by atoms with Gasteiger partial charge < -0.3 is 9.57 Å². The van der Waals surface area contributed by atoms with Crippen LogP contribution in [0.3, 0.4) is 0 Å². The molecule has 0 bridgehead atoms. The molecule has 0 atom stereocenters. The zero-order valence-electron chi connectivity index (χ0n) is 15.2. The molecule has 146 valence electrons. The molecule has 0 aromatic heterocycles. The predicted molar refractivity (Wildman–Crippen MR) is 94.3 cm³/mol. The van der Waals surface area contributed by atoms with Gasteiger partial charge in [0.25, 0.3) is 10.1 Å². The van der Waals surface area contributed by atoms with Crippen molar-refractivity contribution in [1.29, 1.82) is 0 Å². The average Bonchev–Trinajstić information content (AvgIpc) is 2.57. The molecule has 0 radical (unpaired) electrons. The maximum absolute atomic E-state index is 11.7. The van der Waals surface area contributed by atoms with E-state index in [0.29, 0.717) is 0 Å². The first-order chi connectivity index (χ1) is 12.1. The minimum atomic E-state index is -3.70. The van der Waals surface area contributed by atoms with Crippen LogP contribution in [0.5, 0.6) is 0 Å². The van der Waals surface area contributed by atoms with Gasteiger partial charge in [-0.3, -0.25) is 4.18 Å². The molecule has 0 spiro atoms. The first-order valence-corrected chi connectivity index (χ1v) is 9.69. The quantitative estimate of drug-likeness (QED) is 0.539. The largest absolute Gasteiger partial charge is 0.443 e. The van der Waals surface area contributed by atoms with Crippen LogP contribution in [0.2, 0.25) is 0 Å². The highest BCUT2D eigenvalue weighted by Gasteiger charge is 2.18. The van der Waals surface area contributed by atoms with E-state index in [4.69, 9.17) is 8.92 Å². The van der Waals surface area contributed by atoms with E-state index in [0.717, 1.165) is 5.56 Å². The Labute approximate surface area is 153 Å². The second-order valence-electron chi connectivity index (χ2n) is 6.83. The molecule has 0 aliphatic heterocycles. The second kappa shape index (κ2) is 10.1. The molecule has 0 saturated carbocycles. The summed E-state index contributed by atoms with van der Waals surface area (Å²) in [6.45, 7) is 5.65. The Balaban J connectivity index is 2.19. The highest BCUT2D eigenvalue weighted by molar-refractivity contribution is 7.86. The van der Waals surface area contributed by atoms with E-state index in [1.54, 1.807) is 24.3 Å². The third-order valence-corrected chi connectivity index (χ3v) is 4.17. The van der Waals surface area contributed by atoms with Crippen molar-refractivity contribution in [2.45, 2.75) is 40.2 Å². The summed E-state index contributed by atoms with van der Waals surface area (Å²) in [6.07, 6.45) is -1.08. The van der Waals surface area contributed by atoms with Crippen molar-refractivity contribution in [3.8, 4) is 0 Å². The Morgan fingerprint density at radius 3 is 2.38 bits per heavy atom. The molecule has 0 saturated heterocycles. The molecule has 0 heterocycles. The minimum absolute atomic E-state index is 0.0199. The fourth-order valence-corrected chi connectivity index (χ4v) is 2.77. The molecule has 1 rings (SSSR count). The highest BCUT2D eigenvalue weighted by Crippen LogP contribution is 2.15. The van der Waals surface area contributed by atoms with Crippen LogP contribution in [0.4, 0.5) is 4.79 Å². The molecule has 0 aliphatic carbocycles. The Morgan fingerprint density at radius 1 is 1.12 bits per heavy atom. The molecular formula is C17H25NO7S. The van der Waals surface area contributed by atoms with Gasteiger partial charge in [0.2, 0.25) is 0 Å². The Kier molecular flexibility index (Phi) is 8.53. The maximum atomic E-state index is 11.7. The van der Waals surface area contributed by atoms with Crippen LogP contribution in [-0.2, 0) is 35.3 Å². The number of hydroxylamine groups is 1. The van der Waals surface area contributed by atoms with Crippen molar-refractivity contribution >= 4 is 22.2 Å². The smallest absolute Gasteiger partial charge is 0.441 e. The SMILES string of the molecule is CC(C)(C)COS(=O)(=O)CCCC(=O)ONC(=O)OCc1ccccc1. The van der Waals surface area contributed by atoms with Gasteiger partial charge in [0.15, 0.2) is 0 Å². The summed E-state index contributed by atoms with van der Waals surface area (Å²) < 4.78 is 33.1. The number of ether oxygens (including phenoxy) is 1. The monoisotopic (exact) mass is 387 g/mol. The summed E-state index contributed by atoms with van der Waals surface area (Å²) in [5.74, 6) is -1.08. The first-order valence-electron chi connectivity index (χ1n) is 8.11. The average molecular weight is 387 g/mol. The molecule has 8 nitrogen and oxygen atoms in total.